The highest BCUT2D eigenvalue weighted by molar-refractivity contribution is 6.29. The second-order valence-corrected chi connectivity index (χ2v) is 5.50. The van der Waals surface area contributed by atoms with Crippen LogP contribution in [0.2, 0.25) is 5.15 Å². The van der Waals surface area contributed by atoms with Crippen molar-refractivity contribution in [3.8, 4) is 0 Å². The summed E-state index contributed by atoms with van der Waals surface area (Å²) >= 11 is 5.73. The van der Waals surface area contributed by atoms with Gasteiger partial charge in [-0.2, -0.15) is 0 Å². The van der Waals surface area contributed by atoms with Gasteiger partial charge >= 0.3 is 5.97 Å². The van der Waals surface area contributed by atoms with Crippen LogP contribution in [0.4, 0.5) is 4.39 Å². The van der Waals surface area contributed by atoms with E-state index in [2.05, 4.69) is 9.97 Å². The molecule has 0 aliphatic carbocycles. The van der Waals surface area contributed by atoms with Gasteiger partial charge in [-0.05, 0) is 48.7 Å². The highest BCUT2D eigenvalue weighted by Gasteiger charge is 2.09. The molecule has 0 bridgehead atoms. The third kappa shape index (κ3) is 3.68. The fraction of sp³-hybridized carbons (Fsp3) is 0.176. The van der Waals surface area contributed by atoms with Crippen molar-refractivity contribution in [2.75, 3.05) is 6.61 Å². The quantitative estimate of drug-likeness (QED) is 0.434. The van der Waals surface area contributed by atoms with Crippen LogP contribution in [0.3, 0.4) is 0 Å². The number of aromatic nitrogens is 2. The molecule has 0 unspecified atom stereocenters. The summed E-state index contributed by atoms with van der Waals surface area (Å²) in [4.78, 5) is 18.8. The number of carbonyl (C=O) groups excluding carboxylic acids is 1. The molecule has 0 amide bonds. The largest absolute Gasteiger partial charge is 0.462 e. The van der Waals surface area contributed by atoms with Crippen LogP contribution >= 0.6 is 11.6 Å². The van der Waals surface area contributed by atoms with Crippen LogP contribution in [0, 0.1) is 5.82 Å². The number of nitrogens with zero attached hydrogens (tertiary/aromatic N) is 1. The summed E-state index contributed by atoms with van der Waals surface area (Å²) in [5, 5.41) is 1.11. The number of esters is 1. The van der Waals surface area contributed by atoms with Crippen molar-refractivity contribution < 1.29 is 13.9 Å². The molecule has 0 radical (unpaired) electrons. The summed E-state index contributed by atoms with van der Waals surface area (Å²) in [6.45, 7) is 0.279. The normalized spacial score (nSPS) is 10.9. The summed E-state index contributed by atoms with van der Waals surface area (Å²) in [6.07, 6.45) is 4.65. The van der Waals surface area contributed by atoms with Gasteiger partial charge in [-0.1, -0.05) is 11.6 Å². The van der Waals surface area contributed by atoms with Crippen LogP contribution in [-0.4, -0.2) is 22.5 Å². The molecular weight excluding hydrogens is 319 g/mol. The Morgan fingerprint density at radius 2 is 2.17 bits per heavy atom. The van der Waals surface area contributed by atoms with E-state index in [4.69, 9.17) is 16.3 Å². The molecule has 0 atom stereocenters. The van der Waals surface area contributed by atoms with E-state index < -0.39 is 5.97 Å². The van der Waals surface area contributed by atoms with Crippen LogP contribution in [0.25, 0.3) is 10.9 Å². The van der Waals surface area contributed by atoms with Gasteiger partial charge in [0.1, 0.15) is 11.0 Å². The van der Waals surface area contributed by atoms with E-state index in [-0.39, 0.29) is 17.6 Å². The minimum atomic E-state index is -0.431. The predicted molar refractivity (Wildman–Crippen MR) is 86.1 cm³/mol. The lowest BCUT2D eigenvalue weighted by atomic mass is 10.1. The van der Waals surface area contributed by atoms with E-state index in [1.165, 1.54) is 24.4 Å². The molecule has 4 nitrogen and oxygen atoms in total. The van der Waals surface area contributed by atoms with Crippen molar-refractivity contribution in [2.24, 2.45) is 0 Å². The number of nitrogens with one attached hydrogen (secondary N) is 1. The third-order valence-corrected chi connectivity index (χ3v) is 3.72. The van der Waals surface area contributed by atoms with Crippen LogP contribution in [0.1, 0.15) is 22.3 Å². The summed E-state index contributed by atoms with van der Waals surface area (Å²) in [7, 11) is 0. The Morgan fingerprint density at radius 3 is 3.00 bits per heavy atom. The standard InChI is InChI=1S/C17H14ClFN2O2/c18-16-8-11(5-6-20-16)17(22)23-7-1-2-12-10-21-15-4-3-13(19)9-14(12)15/h3-6,8-10,21H,1-2,7H2. The van der Waals surface area contributed by atoms with Gasteiger partial charge in [0.25, 0.3) is 0 Å². The first kappa shape index (κ1) is 15.5. The first-order valence-electron chi connectivity index (χ1n) is 7.17. The molecule has 23 heavy (non-hydrogen) atoms. The average Bonchev–Trinajstić information content (AvgIpc) is 2.93. The fourth-order valence-electron chi connectivity index (χ4n) is 2.40. The van der Waals surface area contributed by atoms with Crippen molar-refractivity contribution in [1.29, 1.82) is 0 Å². The molecule has 1 aromatic carbocycles. The van der Waals surface area contributed by atoms with Crippen LogP contribution in [0.5, 0.6) is 0 Å². The van der Waals surface area contributed by atoms with Gasteiger partial charge in [-0.15, -0.1) is 0 Å². The van der Waals surface area contributed by atoms with E-state index >= 15 is 0 Å². The highest BCUT2D eigenvalue weighted by Crippen LogP contribution is 2.20. The predicted octanol–water partition coefficient (Wildman–Crippen LogP) is 4.15. The number of aryl methyl sites for hydroxylation is 1. The molecular formula is C17H14ClFN2O2. The van der Waals surface area contributed by atoms with Gasteiger partial charge in [0.15, 0.2) is 0 Å². The van der Waals surface area contributed by atoms with Gasteiger partial charge in [0.05, 0.1) is 12.2 Å². The maximum absolute atomic E-state index is 13.3. The van der Waals surface area contributed by atoms with Gasteiger partial charge in [0, 0.05) is 23.3 Å². The van der Waals surface area contributed by atoms with E-state index in [0.717, 1.165) is 16.5 Å². The molecule has 6 heteroatoms. The van der Waals surface area contributed by atoms with Crippen LogP contribution in [-0.2, 0) is 11.2 Å². The molecule has 0 aliphatic rings. The molecule has 0 aliphatic heterocycles. The Morgan fingerprint density at radius 1 is 1.30 bits per heavy atom. The Kier molecular flexibility index (Phi) is 4.57. The molecule has 2 aromatic heterocycles. The van der Waals surface area contributed by atoms with Crippen LogP contribution < -0.4 is 0 Å². The summed E-state index contributed by atoms with van der Waals surface area (Å²) < 4.78 is 18.5. The SMILES string of the molecule is O=C(OCCCc1c[nH]c2ccc(F)cc12)c1ccnc(Cl)c1. The maximum atomic E-state index is 13.3. The van der Waals surface area contributed by atoms with Crippen LogP contribution in [0.15, 0.2) is 42.7 Å². The number of H-pyrrole nitrogens is 1. The maximum Gasteiger partial charge on any atom is 0.338 e. The number of hydrogen-bond acceptors (Lipinski definition) is 3. The Labute approximate surface area is 137 Å². The molecule has 118 valence electrons. The highest BCUT2D eigenvalue weighted by atomic mass is 35.5. The lowest BCUT2D eigenvalue weighted by molar-refractivity contribution is 0.0500. The first-order chi connectivity index (χ1) is 11.1. The topological polar surface area (TPSA) is 55.0 Å². The van der Waals surface area contributed by atoms with Crippen molar-refractivity contribution >= 4 is 28.5 Å². The zero-order valence-electron chi connectivity index (χ0n) is 12.2. The summed E-state index contributed by atoms with van der Waals surface area (Å²) in [5.41, 5.74) is 2.27. The number of ether oxygens (including phenoxy) is 1. The number of benzene rings is 1. The fourth-order valence-corrected chi connectivity index (χ4v) is 2.57. The van der Waals surface area contributed by atoms with E-state index in [1.807, 2.05) is 6.20 Å². The second kappa shape index (κ2) is 6.79. The Bertz CT molecular complexity index is 847. The molecule has 0 fully saturated rings. The number of fused-ring (bicyclic) bond motifs is 1. The number of hydrogen-bond donors (Lipinski definition) is 1. The number of carbonyl (C=O) groups is 1. The van der Waals surface area contributed by atoms with Gasteiger partial charge in [0.2, 0.25) is 0 Å². The average molecular weight is 333 g/mol. The summed E-state index contributed by atoms with van der Waals surface area (Å²) in [5.74, 6) is -0.696. The molecule has 0 saturated carbocycles. The number of aromatic amines is 1. The monoisotopic (exact) mass is 332 g/mol. The van der Waals surface area contributed by atoms with Gasteiger partial charge in [-0.3, -0.25) is 0 Å². The van der Waals surface area contributed by atoms with E-state index in [0.29, 0.717) is 18.4 Å². The molecule has 1 N–H and O–H groups in total. The Hall–Kier alpha value is -2.40. The lowest BCUT2D eigenvalue weighted by Gasteiger charge is -2.05. The van der Waals surface area contributed by atoms with E-state index in [1.54, 1.807) is 12.1 Å². The smallest absolute Gasteiger partial charge is 0.338 e. The van der Waals surface area contributed by atoms with Gasteiger partial charge < -0.3 is 9.72 Å². The van der Waals surface area contributed by atoms with E-state index in [9.17, 15) is 9.18 Å². The van der Waals surface area contributed by atoms with Crippen molar-refractivity contribution in [2.45, 2.75) is 12.8 Å². The minimum Gasteiger partial charge on any atom is -0.462 e. The number of halogens is 2. The van der Waals surface area contributed by atoms with Gasteiger partial charge in [-0.25, -0.2) is 14.2 Å². The summed E-state index contributed by atoms with van der Waals surface area (Å²) in [6, 6.07) is 7.65. The minimum absolute atomic E-state index is 0.250. The zero-order valence-corrected chi connectivity index (χ0v) is 12.9. The molecule has 0 saturated heterocycles. The molecule has 2 heterocycles. The van der Waals surface area contributed by atoms with Crippen molar-refractivity contribution in [3.63, 3.8) is 0 Å². The number of pyridine rings is 1. The van der Waals surface area contributed by atoms with Crippen molar-refractivity contribution in [3.05, 3.63) is 64.8 Å². The van der Waals surface area contributed by atoms with Crippen molar-refractivity contribution in [1.82, 2.24) is 9.97 Å². The lowest BCUT2D eigenvalue weighted by Crippen LogP contribution is -2.07. The molecule has 3 aromatic rings. The number of rotatable bonds is 5. The molecule has 3 rings (SSSR count). The zero-order chi connectivity index (χ0) is 16.2. The second-order valence-electron chi connectivity index (χ2n) is 5.11. The third-order valence-electron chi connectivity index (χ3n) is 3.52. The first-order valence-corrected chi connectivity index (χ1v) is 7.55. The Balaban J connectivity index is 1.55. The molecule has 0 spiro atoms.